The van der Waals surface area contributed by atoms with Crippen molar-refractivity contribution in [2.75, 3.05) is 11.4 Å². The average molecular weight is 389 g/mol. The van der Waals surface area contributed by atoms with Crippen LogP contribution in [0.1, 0.15) is 26.7 Å². The number of benzene rings is 1. The summed E-state index contributed by atoms with van der Waals surface area (Å²) in [6, 6.07) is 4.77. The van der Waals surface area contributed by atoms with Crippen LogP contribution in [0.15, 0.2) is 18.2 Å². The van der Waals surface area contributed by atoms with Gasteiger partial charge in [-0.3, -0.25) is 9.59 Å². The zero-order chi connectivity index (χ0) is 14.9. The maximum atomic E-state index is 14.0. The van der Waals surface area contributed by atoms with Crippen molar-refractivity contribution in [3.05, 3.63) is 27.6 Å². The first-order valence-corrected chi connectivity index (χ1v) is 7.80. The number of Topliss-reactive ketones (excluding diaryl/α,β-unsaturated/α-hetero) is 1. The molecule has 1 fully saturated rings. The first kappa shape index (κ1) is 15.4. The highest BCUT2D eigenvalue weighted by Gasteiger charge is 2.36. The lowest BCUT2D eigenvalue weighted by Crippen LogP contribution is -2.45. The summed E-state index contributed by atoms with van der Waals surface area (Å²) in [6.45, 7) is 4.05. The normalized spacial score (nSPS) is 19.6. The highest BCUT2D eigenvalue weighted by atomic mass is 127. The number of amides is 1. The number of halogens is 2. The fourth-order valence-corrected chi connectivity index (χ4v) is 2.93. The number of hydrogen-bond acceptors (Lipinski definition) is 2. The molecule has 0 spiro atoms. The summed E-state index contributed by atoms with van der Waals surface area (Å²) in [7, 11) is 0. The summed E-state index contributed by atoms with van der Waals surface area (Å²) < 4.78 is 14.8. The Morgan fingerprint density at radius 3 is 2.75 bits per heavy atom. The van der Waals surface area contributed by atoms with Gasteiger partial charge in [0.05, 0.1) is 11.6 Å². The molecule has 1 aromatic rings. The molecule has 3 nitrogen and oxygen atoms in total. The summed E-state index contributed by atoms with van der Waals surface area (Å²) in [4.78, 5) is 25.9. The Kier molecular flexibility index (Phi) is 4.78. The zero-order valence-electron chi connectivity index (χ0n) is 11.5. The lowest BCUT2D eigenvalue weighted by atomic mass is 9.87. The summed E-state index contributed by atoms with van der Waals surface area (Å²) >= 11 is 2.02. The molecule has 1 atom stereocenters. The fraction of sp³-hybridized carbons (Fsp3) is 0.467. The molecule has 20 heavy (non-hydrogen) atoms. The molecule has 0 radical (unpaired) electrons. The third-order valence-electron chi connectivity index (χ3n) is 3.55. The minimum absolute atomic E-state index is 0.0504. The molecule has 1 aromatic carbocycles. The van der Waals surface area contributed by atoms with Crippen LogP contribution in [-0.2, 0) is 9.59 Å². The Bertz CT molecular complexity index is 545. The van der Waals surface area contributed by atoms with E-state index in [0.717, 1.165) is 9.99 Å². The molecule has 1 aliphatic rings. The second kappa shape index (κ2) is 6.20. The minimum atomic E-state index is -0.623. The molecule has 0 saturated carbocycles. The van der Waals surface area contributed by atoms with Gasteiger partial charge in [0.15, 0.2) is 0 Å². The van der Waals surface area contributed by atoms with Crippen molar-refractivity contribution in [1.82, 2.24) is 0 Å². The van der Waals surface area contributed by atoms with Gasteiger partial charge in [-0.05, 0) is 53.6 Å². The molecule has 0 aromatic heterocycles. The maximum absolute atomic E-state index is 14.0. The van der Waals surface area contributed by atoms with Gasteiger partial charge in [-0.1, -0.05) is 13.8 Å². The van der Waals surface area contributed by atoms with Gasteiger partial charge in [0.1, 0.15) is 11.6 Å². The van der Waals surface area contributed by atoms with Crippen LogP contribution in [0.4, 0.5) is 10.1 Å². The Hall–Kier alpha value is -0.980. The van der Waals surface area contributed by atoms with Crippen molar-refractivity contribution < 1.29 is 14.0 Å². The van der Waals surface area contributed by atoms with Crippen molar-refractivity contribution >= 4 is 40.0 Å². The van der Waals surface area contributed by atoms with Crippen LogP contribution in [-0.4, -0.2) is 18.2 Å². The molecule has 108 valence electrons. The number of hydrogen-bond donors (Lipinski definition) is 0. The zero-order valence-corrected chi connectivity index (χ0v) is 13.7. The quantitative estimate of drug-likeness (QED) is 0.587. The molecule has 1 heterocycles. The van der Waals surface area contributed by atoms with Crippen molar-refractivity contribution in [3.8, 4) is 0 Å². The van der Waals surface area contributed by atoms with Gasteiger partial charge in [-0.2, -0.15) is 0 Å². The van der Waals surface area contributed by atoms with E-state index in [0.29, 0.717) is 13.0 Å². The highest BCUT2D eigenvalue weighted by Crippen LogP contribution is 2.29. The Labute approximate surface area is 131 Å². The van der Waals surface area contributed by atoms with Gasteiger partial charge in [-0.25, -0.2) is 4.39 Å². The topological polar surface area (TPSA) is 37.4 Å². The van der Waals surface area contributed by atoms with E-state index in [9.17, 15) is 14.0 Å². The number of ketones is 1. The number of carbonyl (C=O) groups is 2. The molecule has 1 saturated heterocycles. The fourth-order valence-electron chi connectivity index (χ4n) is 2.48. The highest BCUT2D eigenvalue weighted by molar-refractivity contribution is 14.1. The van der Waals surface area contributed by atoms with Crippen molar-refractivity contribution in [3.63, 3.8) is 0 Å². The average Bonchev–Trinajstić information content (AvgIpc) is 2.39. The second-order valence-electron chi connectivity index (χ2n) is 5.34. The Morgan fingerprint density at radius 1 is 1.45 bits per heavy atom. The lowest BCUT2D eigenvalue weighted by Gasteiger charge is -2.32. The van der Waals surface area contributed by atoms with Crippen LogP contribution in [0.25, 0.3) is 0 Å². The molecule has 0 unspecified atom stereocenters. The van der Waals surface area contributed by atoms with Crippen LogP contribution in [0, 0.1) is 21.2 Å². The molecule has 0 aliphatic carbocycles. The maximum Gasteiger partial charge on any atom is 0.237 e. The third-order valence-corrected chi connectivity index (χ3v) is 4.22. The number of nitrogens with zero attached hydrogens (tertiary/aromatic N) is 1. The summed E-state index contributed by atoms with van der Waals surface area (Å²) in [6.07, 6.45) is 1.29. The predicted octanol–water partition coefficient (Wildman–Crippen LogP) is 3.40. The van der Waals surface area contributed by atoms with Crippen molar-refractivity contribution in [2.24, 2.45) is 11.8 Å². The lowest BCUT2D eigenvalue weighted by molar-refractivity contribution is -0.135. The van der Waals surface area contributed by atoms with Crippen molar-refractivity contribution in [2.45, 2.75) is 26.7 Å². The SMILES string of the molecule is CC(C)C(=O)[C@H]1CCCN(c2ccc(I)cc2F)C1=O. The predicted molar refractivity (Wildman–Crippen MR) is 84.0 cm³/mol. The Morgan fingerprint density at radius 2 is 2.15 bits per heavy atom. The monoisotopic (exact) mass is 389 g/mol. The smallest absolute Gasteiger partial charge is 0.237 e. The van der Waals surface area contributed by atoms with E-state index in [4.69, 9.17) is 0 Å². The molecule has 1 aliphatic heterocycles. The number of carbonyl (C=O) groups excluding carboxylic acids is 2. The van der Waals surface area contributed by atoms with E-state index in [1.165, 1.54) is 11.0 Å². The van der Waals surface area contributed by atoms with E-state index < -0.39 is 11.7 Å². The van der Waals surface area contributed by atoms with Gasteiger partial charge >= 0.3 is 0 Å². The van der Waals surface area contributed by atoms with Crippen LogP contribution in [0.5, 0.6) is 0 Å². The van der Waals surface area contributed by atoms with E-state index in [1.807, 2.05) is 22.6 Å². The van der Waals surface area contributed by atoms with Crippen LogP contribution >= 0.6 is 22.6 Å². The number of piperidine rings is 1. The molecule has 1 amide bonds. The standard InChI is InChI=1S/C15H17FINO2/c1-9(2)14(19)11-4-3-7-18(15(11)20)13-6-5-10(17)8-12(13)16/h5-6,8-9,11H,3-4,7H2,1-2H3/t11-/m1/s1. The van der Waals surface area contributed by atoms with Gasteiger partial charge in [0.25, 0.3) is 0 Å². The Balaban J connectivity index is 2.28. The largest absolute Gasteiger partial charge is 0.309 e. The van der Waals surface area contributed by atoms with E-state index >= 15 is 0 Å². The summed E-state index contributed by atoms with van der Waals surface area (Å²) in [5.41, 5.74) is 0.275. The van der Waals surface area contributed by atoms with E-state index in [2.05, 4.69) is 0 Å². The number of anilines is 1. The molecular weight excluding hydrogens is 372 g/mol. The van der Waals surface area contributed by atoms with Crippen LogP contribution < -0.4 is 4.90 Å². The van der Waals surface area contributed by atoms with Crippen LogP contribution in [0.3, 0.4) is 0 Å². The van der Waals surface area contributed by atoms with Gasteiger partial charge in [-0.15, -0.1) is 0 Å². The summed E-state index contributed by atoms with van der Waals surface area (Å²) in [5.74, 6) is -1.53. The second-order valence-corrected chi connectivity index (χ2v) is 6.58. The van der Waals surface area contributed by atoms with E-state index in [1.54, 1.807) is 26.0 Å². The number of rotatable bonds is 3. The molecule has 0 N–H and O–H groups in total. The summed E-state index contributed by atoms with van der Waals surface area (Å²) in [5, 5.41) is 0. The van der Waals surface area contributed by atoms with Gasteiger partial charge in [0.2, 0.25) is 5.91 Å². The van der Waals surface area contributed by atoms with Gasteiger partial charge < -0.3 is 4.90 Å². The third kappa shape index (κ3) is 3.02. The molecular formula is C15H17FINO2. The van der Waals surface area contributed by atoms with Crippen LogP contribution in [0.2, 0.25) is 0 Å². The first-order chi connectivity index (χ1) is 9.41. The van der Waals surface area contributed by atoms with E-state index in [-0.39, 0.29) is 23.3 Å². The molecule has 0 bridgehead atoms. The molecule has 2 rings (SSSR count). The first-order valence-electron chi connectivity index (χ1n) is 6.72. The molecule has 5 heteroatoms. The van der Waals surface area contributed by atoms with Gasteiger partial charge in [0, 0.05) is 16.0 Å². The minimum Gasteiger partial charge on any atom is -0.309 e. The van der Waals surface area contributed by atoms with Crippen molar-refractivity contribution in [1.29, 1.82) is 0 Å².